The minimum Gasteiger partial charge on any atom is -0.481 e. The number of aliphatic hydroxyl groups excluding tert-OH is 2. The summed E-state index contributed by atoms with van der Waals surface area (Å²) in [6.07, 6.45) is 8.87. The maximum Gasteiger partial charge on any atom is 0.306 e. The first-order chi connectivity index (χ1) is 13.6. The molecule has 2 unspecified atom stereocenters. The van der Waals surface area contributed by atoms with Gasteiger partial charge in [0.05, 0.1) is 18.1 Å². The van der Waals surface area contributed by atoms with Crippen LogP contribution >= 0.6 is 0 Å². The van der Waals surface area contributed by atoms with Gasteiger partial charge in [-0.2, -0.15) is 0 Å². The molecule has 0 aliphatic heterocycles. The third-order valence-electron chi connectivity index (χ3n) is 10.6. The van der Waals surface area contributed by atoms with E-state index < -0.39 is 5.97 Å². The lowest BCUT2D eigenvalue weighted by Gasteiger charge is -2.62. The first-order valence-electron chi connectivity index (χ1n) is 12.2. The zero-order valence-corrected chi connectivity index (χ0v) is 18.8. The molecule has 4 aliphatic rings. The number of rotatable bonds is 4. The molecule has 166 valence electrons. The van der Waals surface area contributed by atoms with Gasteiger partial charge in [0.2, 0.25) is 0 Å². The summed E-state index contributed by atoms with van der Waals surface area (Å²) < 4.78 is 0. The van der Waals surface area contributed by atoms with E-state index in [1.54, 1.807) is 0 Å². The molecule has 4 heteroatoms. The van der Waals surface area contributed by atoms with Crippen LogP contribution in [0.25, 0.3) is 0 Å². The number of aliphatic hydroxyl groups is 2. The van der Waals surface area contributed by atoms with Crippen LogP contribution in [0.2, 0.25) is 0 Å². The van der Waals surface area contributed by atoms with Crippen molar-refractivity contribution in [3.05, 3.63) is 0 Å². The Kier molecular flexibility index (Phi) is 5.60. The van der Waals surface area contributed by atoms with Gasteiger partial charge in [-0.15, -0.1) is 0 Å². The van der Waals surface area contributed by atoms with E-state index in [-0.39, 0.29) is 29.0 Å². The predicted molar refractivity (Wildman–Crippen MR) is 113 cm³/mol. The molecule has 0 aromatic rings. The summed E-state index contributed by atoms with van der Waals surface area (Å²) >= 11 is 0. The smallest absolute Gasteiger partial charge is 0.306 e. The molecule has 4 saturated carbocycles. The SMILES string of the molecule is CC(C[C@@H](C)[C@H]1CC[C@H]2[C@@H]3[C@@H](O)CC4C[C@@H](O)CC[C@]4(C)[C@H]3CC[C@]12C)C(=O)O. The second-order valence-electron chi connectivity index (χ2n) is 11.9. The van der Waals surface area contributed by atoms with E-state index in [0.717, 1.165) is 32.1 Å². The van der Waals surface area contributed by atoms with Gasteiger partial charge in [-0.3, -0.25) is 4.79 Å². The van der Waals surface area contributed by atoms with Crippen LogP contribution in [-0.4, -0.2) is 33.5 Å². The third kappa shape index (κ3) is 3.37. The summed E-state index contributed by atoms with van der Waals surface area (Å²) in [6, 6.07) is 0. The molecule has 3 N–H and O–H groups in total. The Morgan fingerprint density at radius 2 is 1.62 bits per heavy atom. The minimum atomic E-state index is -0.679. The molecule has 4 rings (SSSR count). The van der Waals surface area contributed by atoms with Crippen molar-refractivity contribution in [2.24, 2.45) is 52.3 Å². The Morgan fingerprint density at radius 1 is 0.966 bits per heavy atom. The van der Waals surface area contributed by atoms with Crippen molar-refractivity contribution in [1.29, 1.82) is 0 Å². The van der Waals surface area contributed by atoms with E-state index in [4.69, 9.17) is 0 Å². The zero-order chi connectivity index (χ0) is 21.1. The molecule has 4 fully saturated rings. The van der Waals surface area contributed by atoms with E-state index in [0.29, 0.717) is 35.5 Å². The number of aliphatic carboxylic acids is 1. The topological polar surface area (TPSA) is 77.8 Å². The second-order valence-corrected chi connectivity index (χ2v) is 11.9. The van der Waals surface area contributed by atoms with Gasteiger partial charge in [0.25, 0.3) is 0 Å². The highest BCUT2D eigenvalue weighted by atomic mass is 16.4. The van der Waals surface area contributed by atoms with E-state index in [2.05, 4.69) is 20.8 Å². The molecular weight excluding hydrogens is 364 g/mol. The van der Waals surface area contributed by atoms with Crippen LogP contribution in [0.3, 0.4) is 0 Å². The van der Waals surface area contributed by atoms with Gasteiger partial charge in [0, 0.05) is 0 Å². The van der Waals surface area contributed by atoms with Gasteiger partial charge in [0.15, 0.2) is 0 Å². The van der Waals surface area contributed by atoms with Crippen molar-refractivity contribution in [3.63, 3.8) is 0 Å². The number of hydrogen-bond donors (Lipinski definition) is 3. The van der Waals surface area contributed by atoms with Crippen molar-refractivity contribution in [1.82, 2.24) is 0 Å². The maximum absolute atomic E-state index is 11.4. The highest BCUT2D eigenvalue weighted by Crippen LogP contribution is 2.68. The zero-order valence-electron chi connectivity index (χ0n) is 18.8. The van der Waals surface area contributed by atoms with Gasteiger partial charge in [-0.25, -0.2) is 0 Å². The van der Waals surface area contributed by atoms with E-state index in [1.807, 2.05) is 6.92 Å². The van der Waals surface area contributed by atoms with Crippen LogP contribution in [-0.2, 0) is 4.79 Å². The maximum atomic E-state index is 11.4. The van der Waals surface area contributed by atoms with Crippen molar-refractivity contribution < 1.29 is 20.1 Å². The molecule has 0 saturated heterocycles. The van der Waals surface area contributed by atoms with Crippen LogP contribution in [0.4, 0.5) is 0 Å². The lowest BCUT2D eigenvalue weighted by molar-refractivity contribution is -0.174. The Balaban J connectivity index is 1.56. The Bertz CT molecular complexity index is 634. The standard InChI is InChI=1S/C25H42O4/c1-14(11-15(2)23(28)29)18-5-6-19-22-20(8-10-25(18,19)4)24(3)9-7-17(26)12-16(24)13-21(22)27/h14-22,26-27H,5-13H2,1-4H3,(H,28,29)/t14-,15?,16?,17+,18-,19+,20+,21+,22+,24+,25-/m1/s1. The molecule has 0 spiro atoms. The monoisotopic (exact) mass is 406 g/mol. The summed E-state index contributed by atoms with van der Waals surface area (Å²) in [5.74, 6) is 2.02. The third-order valence-corrected chi connectivity index (χ3v) is 10.6. The van der Waals surface area contributed by atoms with Gasteiger partial charge in [0.1, 0.15) is 0 Å². The molecule has 0 amide bonds. The van der Waals surface area contributed by atoms with Crippen molar-refractivity contribution in [3.8, 4) is 0 Å². The van der Waals surface area contributed by atoms with Gasteiger partial charge < -0.3 is 15.3 Å². The van der Waals surface area contributed by atoms with Gasteiger partial charge in [-0.05, 0) is 104 Å². The molecule has 0 heterocycles. The highest BCUT2D eigenvalue weighted by Gasteiger charge is 2.62. The largest absolute Gasteiger partial charge is 0.481 e. The first kappa shape index (κ1) is 21.6. The molecule has 0 bridgehead atoms. The highest BCUT2D eigenvalue weighted by molar-refractivity contribution is 5.69. The van der Waals surface area contributed by atoms with Gasteiger partial charge >= 0.3 is 5.97 Å². The molecule has 0 aromatic heterocycles. The lowest BCUT2D eigenvalue weighted by Crippen LogP contribution is -2.58. The Hall–Kier alpha value is -0.610. The minimum absolute atomic E-state index is 0.182. The molecular formula is C25H42O4. The van der Waals surface area contributed by atoms with Crippen LogP contribution < -0.4 is 0 Å². The average molecular weight is 407 g/mol. The number of hydrogen-bond acceptors (Lipinski definition) is 3. The van der Waals surface area contributed by atoms with Crippen molar-refractivity contribution in [2.45, 2.75) is 97.7 Å². The quantitative estimate of drug-likeness (QED) is 0.631. The second kappa shape index (κ2) is 7.51. The van der Waals surface area contributed by atoms with E-state index in [1.165, 1.54) is 25.7 Å². The normalized spacial score (nSPS) is 51.4. The summed E-state index contributed by atoms with van der Waals surface area (Å²) in [5.41, 5.74) is 0.503. The van der Waals surface area contributed by atoms with Crippen molar-refractivity contribution >= 4 is 5.97 Å². The summed E-state index contributed by atoms with van der Waals surface area (Å²) in [4.78, 5) is 11.4. The molecule has 4 aliphatic carbocycles. The fourth-order valence-electron chi connectivity index (χ4n) is 9.00. The molecule has 11 atom stereocenters. The molecule has 0 aromatic carbocycles. The summed E-state index contributed by atoms with van der Waals surface area (Å²) in [7, 11) is 0. The number of fused-ring (bicyclic) bond motifs is 5. The number of carbonyl (C=O) groups is 1. The first-order valence-corrected chi connectivity index (χ1v) is 12.2. The fourth-order valence-corrected chi connectivity index (χ4v) is 9.00. The van der Waals surface area contributed by atoms with Crippen molar-refractivity contribution in [2.75, 3.05) is 0 Å². The fraction of sp³-hybridized carbons (Fsp3) is 0.960. The molecule has 4 nitrogen and oxygen atoms in total. The molecule has 0 radical (unpaired) electrons. The summed E-state index contributed by atoms with van der Waals surface area (Å²) in [5, 5.41) is 30.9. The number of carboxylic acid groups (broad SMARTS) is 1. The predicted octanol–water partition coefficient (Wildman–Crippen LogP) is 4.72. The van der Waals surface area contributed by atoms with Gasteiger partial charge in [-0.1, -0.05) is 27.7 Å². The number of carboxylic acids is 1. The lowest BCUT2D eigenvalue weighted by atomic mass is 9.43. The van der Waals surface area contributed by atoms with E-state index in [9.17, 15) is 20.1 Å². The van der Waals surface area contributed by atoms with Crippen LogP contribution in [0.1, 0.15) is 85.5 Å². The Morgan fingerprint density at radius 3 is 2.31 bits per heavy atom. The summed E-state index contributed by atoms with van der Waals surface area (Å²) in [6.45, 7) is 9.02. The van der Waals surface area contributed by atoms with E-state index >= 15 is 0 Å². The Labute approximate surface area is 176 Å². The molecule has 29 heavy (non-hydrogen) atoms. The van der Waals surface area contributed by atoms with Crippen LogP contribution in [0.5, 0.6) is 0 Å². The van der Waals surface area contributed by atoms with Crippen LogP contribution in [0.15, 0.2) is 0 Å². The average Bonchev–Trinajstić information content (AvgIpc) is 3.00. The van der Waals surface area contributed by atoms with Crippen LogP contribution in [0, 0.1) is 52.3 Å².